The summed E-state index contributed by atoms with van der Waals surface area (Å²) in [5.41, 5.74) is 7.10. The third-order valence-corrected chi connectivity index (χ3v) is 2.32. The van der Waals surface area contributed by atoms with Crippen molar-refractivity contribution in [1.82, 2.24) is 0 Å². The fraction of sp³-hybridized carbons (Fsp3) is 0. The van der Waals surface area contributed by atoms with Crippen LogP contribution in [0.1, 0.15) is 0 Å². The molecule has 5 nitrogen and oxygen atoms in total. The zero-order valence-electron chi connectivity index (χ0n) is 9.55. The Morgan fingerprint density at radius 1 is 1.06 bits per heavy atom. The lowest BCUT2D eigenvalue weighted by Gasteiger charge is -2.09. The fourth-order valence-corrected chi connectivity index (χ4v) is 1.47. The van der Waals surface area contributed by atoms with Gasteiger partial charge in [-0.1, -0.05) is 18.2 Å². The number of nitrogens with two attached hydrogens (primary N) is 1. The van der Waals surface area contributed by atoms with E-state index in [1.54, 1.807) is 12.1 Å². The van der Waals surface area contributed by atoms with Crippen molar-refractivity contribution in [2.75, 3.05) is 16.4 Å². The van der Waals surface area contributed by atoms with Crippen molar-refractivity contribution in [2.24, 2.45) is 0 Å². The van der Waals surface area contributed by atoms with Crippen LogP contribution >= 0.6 is 0 Å². The SMILES string of the molecule is Nc1cc(O)ccc1NC(=O)Nc1ccccc1. The van der Waals surface area contributed by atoms with Gasteiger partial charge in [-0.25, -0.2) is 4.79 Å². The van der Waals surface area contributed by atoms with Crippen molar-refractivity contribution < 1.29 is 9.90 Å². The van der Waals surface area contributed by atoms with Crippen LogP contribution in [-0.2, 0) is 0 Å². The van der Waals surface area contributed by atoms with Gasteiger partial charge in [0.1, 0.15) is 5.75 Å². The molecule has 0 radical (unpaired) electrons. The summed E-state index contributed by atoms with van der Waals surface area (Å²) in [5, 5.41) is 14.5. The molecule has 0 bridgehead atoms. The Bertz CT molecular complexity index is 555. The molecule has 2 amide bonds. The number of nitrogen functional groups attached to an aromatic ring is 1. The highest BCUT2D eigenvalue weighted by Crippen LogP contribution is 2.23. The number of para-hydroxylation sites is 1. The Morgan fingerprint density at radius 2 is 1.78 bits per heavy atom. The first-order valence-corrected chi connectivity index (χ1v) is 5.37. The van der Waals surface area contributed by atoms with E-state index in [9.17, 15) is 9.90 Å². The maximum absolute atomic E-state index is 11.7. The molecule has 2 aromatic rings. The lowest BCUT2D eigenvalue weighted by Crippen LogP contribution is -2.20. The molecule has 0 atom stereocenters. The number of hydrogen-bond donors (Lipinski definition) is 4. The van der Waals surface area contributed by atoms with Gasteiger partial charge in [-0.15, -0.1) is 0 Å². The van der Waals surface area contributed by atoms with Gasteiger partial charge in [0, 0.05) is 11.8 Å². The second-order valence-electron chi connectivity index (χ2n) is 3.72. The highest BCUT2D eigenvalue weighted by Gasteiger charge is 2.05. The molecule has 0 aliphatic carbocycles. The Balaban J connectivity index is 2.03. The van der Waals surface area contributed by atoms with Gasteiger partial charge in [-0.05, 0) is 24.3 Å². The van der Waals surface area contributed by atoms with Gasteiger partial charge in [-0.3, -0.25) is 0 Å². The quantitative estimate of drug-likeness (QED) is 0.483. The van der Waals surface area contributed by atoms with Crippen LogP contribution in [0.2, 0.25) is 0 Å². The number of anilines is 3. The summed E-state index contributed by atoms with van der Waals surface area (Å²) in [7, 11) is 0. The number of benzene rings is 2. The molecule has 0 saturated heterocycles. The van der Waals surface area contributed by atoms with E-state index in [0.29, 0.717) is 17.1 Å². The molecule has 0 spiro atoms. The van der Waals surface area contributed by atoms with Crippen LogP contribution in [-0.4, -0.2) is 11.1 Å². The number of amides is 2. The average Bonchev–Trinajstić information content (AvgIpc) is 2.34. The molecule has 0 fully saturated rings. The van der Waals surface area contributed by atoms with Crippen molar-refractivity contribution in [1.29, 1.82) is 0 Å². The smallest absolute Gasteiger partial charge is 0.323 e. The van der Waals surface area contributed by atoms with Crippen LogP contribution in [0.3, 0.4) is 0 Å². The third kappa shape index (κ3) is 2.91. The van der Waals surface area contributed by atoms with Crippen LogP contribution in [0.4, 0.5) is 21.9 Å². The molecule has 0 aliphatic rings. The number of carbonyl (C=O) groups excluding carboxylic acids is 1. The minimum atomic E-state index is -0.390. The Morgan fingerprint density at radius 3 is 2.44 bits per heavy atom. The molecule has 5 heteroatoms. The Labute approximate surface area is 104 Å². The number of urea groups is 1. The second kappa shape index (κ2) is 5.09. The second-order valence-corrected chi connectivity index (χ2v) is 3.72. The van der Waals surface area contributed by atoms with Crippen molar-refractivity contribution in [3.05, 3.63) is 48.5 Å². The van der Waals surface area contributed by atoms with Crippen molar-refractivity contribution in [2.45, 2.75) is 0 Å². The van der Waals surface area contributed by atoms with Gasteiger partial charge < -0.3 is 21.5 Å². The summed E-state index contributed by atoms with van der Waals surface area (Å²) in [6, 6.07) is 13.0. The highest BCUT2D eigenvalue weighted by atomic mass is 16.3. The van der Waals surface area contributed by atoms with Gasteiger partial charge >= 0.3 is 6.03 Å². The molecule has 18 heavy (non-hydrogen) atoms. The molecule has 0 saturated carbocycles. The molecule has 2 rings (SSSR count). The summed E-state index contributed by atoms with van der Waals surface area (Å²) in [5.74, 6) is 0.0570. The van der Waals surface area contributed by atoms with Crippen LogP contribution in [0, 0.1) is 0 Å². The summed E-state index contributed by atoms with van der Waals surface area (Å²) in [4.78, 5) is 11.7. The zero-order valence-corrected chi connectivity index (χ0v) is 9.55. The standard InChI is InChI=1S/C13H13N3O2/c14-11-8-10(17)6-7-12(11)16-13(18)15-9-4-2-1-3-5-9/h1-8,17H,14H2,(H2,15,16,18). The van der Waals surface area contributed by atoms with E-state index < -0.39 is 6.03 Å². The highest BCUT2D eigenvalue weighted by molar-refractivity contribution is 6.01. The third-order valence-electron chi connectivity index (χ3n) is 2.32. The molecule has 5 N–H and O–H groups in total. The topological polar surface area (TPSA) is 87.4 Å². The van der Waals surface area contributed by atoms with Crippen LogP contribution in [0.25, 0.3) is 0 Å². The molecular formula is C13H13N3O2. The molecule has 0 aliphatic heterocycles. The van der Waals surface area contributed by atoms with Crippen LogP contribution < -0.4 is 16.4 Å². The van der Waals surface area contributed by atoms with Crippen molar-refractivity contribution >= 4 is 23.1 Å². The number of aromatic hydroxyl groups is 1. The lowest BCUT2D eigenvalue weighted by molar-refractivity contribution is 0.262. The minimum Gasteiger partial charge on any atom is -0.508 e. The maximum Gasteiger partial charge on any atom is 0.323 e. The van der Waals surface area contributed by atoms with Crippen molar-refractivity contribution in [3.8, 4) is 5.75 Å². The lowest BCUT2D eigenvalue weighted by atomic mass is 10.2. The zero-order chi connectivity index (χ0) is 13.0. The largest absolute Gasteiger partial charge is 0.508 e. The van der Waals surface area contributed by atoms with E-state index in [-0.39, 0.29) is 5.75 Å². The number of rotatable bonds is 2. The van der Waals surface area contributed by atoms with Gasteiger partial charge in [0.25, 0.3) is 0 Å². The number of carbonyl (C=O) groups is 1. The minimum absolute atomic E-state index is 0.0570. The van der Waals surface area contributed by atoms with E-state index in [2.05, 4.69) is 10.6 Å². The van der Waals surface area contributed by atoms with E-state index in [4.69, 9.17) is 5.73 Å². The number of phenolic OH excluding ortho intramolecular Hbond substituents is 1. The number of phenols is 1. The molecule has 2 aromatic carbocycles. The van der Waals surface area contributed by atoms with E-state index >= 15 is 0 Å². The summed E-state index contributed by atoms with van der Waals surface area (Å²) in [6.45, 7) is 0. The molecule has 0 aromatic heterocycles. The predicted molar refractivity (Wildman–Crippen MR) is 71.6 cm³/mol. The average molecular weight is 243 g/mol. The van der Waals surface area contributed by atoms with Crippen molar-refractivity contribution in [3.63, 3.8) is 0 Å². The van der Waals surface area contributed by atoms with Gasteiger partial charge in [-0.2, -0.15) is 0 Å². The van der Waals surface area contributed by atoms with E-state index in [1.807, 2.05) is 18.2 Å². The van der Waals surface area contributed by atoms with Gasteiger partial charge in [0.2, 0.25) is 0 Å². The Hall–Kier alpha value is -2.69. The van der Waals surface area contributed by atoms with Gasteiger partial charge in [0.05, 0.1) is 11.4 Å². The predicted octanol–water partition coefficient (Wildman–Crippen LogP) is 2.62. The van der Waals surface area contributed by atoms with E-state index in [0.717, 1.165) is 0 Å². The Kier molecular flexibility index (Phi) is 3.33. The maximum atomic E-state index is 11.7. The first-order chi connectivity index (χ1) is 8.65. The number of nitrogens with one attached hydrogen (secondary N) is 2. The fourth-order valence-electron chi connectivity index (χ4n) is 1.47. The molecule has 0 heterocycles. The normalized spacial score (nSPS) is 9.78. The summed E-state index contributed by atoms with van der Waals surface area (Å²) >= 11 is 0. The monoisotopic (exact) mass is 243 g/mol. The number of hydrogen-bond acceptors (Lipinski definition) is 3. The summed E-state index contributed by atoms with van der Waals surface area (Å²) < 4.78 is 0. The van der Waals surface area contributed by atoms with Crippen LogP contribution in [0.15, 0.2) is 48.5 Å². The van der Waals surface area contributed by atoms with E-state index in [1.165, 1.54) is 18.2 Å². The molecule has 0 unspecified atom stereocenters. The molecular weight excluding hydrogens is 230 g/mol. The first kappa shape index (κ1) is 11.8. The molecule has 92 valence electrons. The van der Waals surface area contributed by atoms with Crippen LogP contribution in [0.5, 0.6) is 5.75 Å². The summed E-state index contributed by atoms with van der Waals surface area (Å²) in [6.07, 6.45) is 0. The van der Waals surface area contributed by atoms with Gasteiger partial charge in [0.15, 0.2) is 0 Å². The first-order valence-electron chi connectivity index (χ1n) is 5.37.